The molecule has 3 aromatic rings. The van der Waals surface area contributed by atoms with Gasteiger partial charge in [-0.05, 0) is 25.0 Å². The normalized spacial score (nSPS) is 10.6. The van der Waals surface area contributed by atoms with Gasteiger partial charge in [0.05, 0.1) is 17.2 Å². The summed E-state index contributed by atoms with van der Waals surface area (Å²) in [6, 6.07) is 12.2. The first kappa shape index (κ1) is 16.9. The Labute approximate surface area is 154 Å². The Kier molecular flexibility index (Phi) is 5.82. The van der Waals surface area contributed by atoms with Crippen molar-refractivity contribution >= 4 is 33.1 Å². The molecule has 0 saturated heterocycles. The molecule has 0 saturated carbocycles. The van der Waals surface area contributed by atoms with Crippen molar-refractivity contribution in [3.63, 3.8) is 0 Å². The molecule has 0 unspecified atom stereocenters. The lowest BCUT2D eigenvalue weighted by Gasteiger charge is -2.07. The highest BCUT2D eigenvalue weighted by Crippen LogP contribution is 2.30. The molecule has 0 aliphatic carbocycles. The number of ether oxygens (including phenoxy) is 1. The standard InChI is InChI=1S/C18H18BrN3OS/c1-2-23-14-9-17(24-11-14)16-10-18(22-12-21-16)20-8-7-13-5-3-4-6-15(13)19/h3-6,9-12H,2,7-8H2,1H3,(H,20,21,22). The number of benzene rings is 1. The van der Waals surface area contributed by atoms with Gasteiger partial charge in [-0.3, -0.25) is 0 Å². The molecule has 2 aromatic heterocycles. The lowest BCUT2D eigenvalue weighted by atomic mass is 10.1. The van der Waals surface area contributed by atoms with E-state index < -0.39 is 0 Å². The van der Waals surface area contributed by atoms with Crippen molar-refractivity contribution in [1.82, 2.24) is 9.97 Å². The number of anilines is 1. The highest BCUT2D eigenvalue weighted by atomic mass is 79.9. The molecule has 1 aromatic carbocycles. The Morgan fingerprint density at radius 2 is 2.08 bits per heavy atom. The van der Waals surface area contributed by atoms with Crippen molar-refractivity contribution < 1.29 is 4.74 Å². The highest BCUT2D eigenvalue weighted by molar-refractivity contribution is 9.10. The average molecular weight is 404 g/mol. The molecule has 0 spiro atoms. The Hall–Kier alpha value is -1.92. The average Bonchev–Trinajstić information content (AvgIpc) is 3.06. The Morgan fingerprint density at radius 3 is 2.92 bits per heavy atom. The van der Waals surface area contributed by atoms with Crippen molar-refractivity contribution in [3.05, 3.63) is 58.1 Å². The first-order chi connectivity index (χ1) is 11.8. The zero-order chi connectivity index (χ0) is 16.8. The second kappa shape index (κ2) is 8.26. The van der Waals surface area contributed by atoms with Crippen molar-refractivity contribution in [1.29, 1.82) is 0 Å². The van der Waals surface area contributed by atoms with Crippen LogP contribution in [0.1, 0.15) is 12.5 Å². The van der Waals surface area contributed by atoms with Crippen LogP contribution in [0.4, 0.5) is 5.82 Å². The molecule has 0 amide bonds. The maximum absolute atomic E-state index is 5.51. The summed E-state index contributed by atoms with van der Waals surface area (Å²) >= 11 is 5.20. The molecule has 0 atom stereocenters. The van der Waals surface area contributed by atoms with Crippen LogP contribution >= 0.6 is 27.3 Å². The zero-order valence-electron chi connectivity index (χ0n) is 13.3. The van der Waals surface area contributed by atoms with Gasteiger partial charge in [-0.1, -0.05) is 34.1 Å². The van der Waals surface area contributed by atoms with Crippen LogP contribution in [0, 0.1) is 0 Å². The van der Waals surface area contributed by atoms with Crippen molar-refractivity contribution in [2.45, 2.75) is 13.3 Å². The molecule has 4 nitrogen and oxygen atoms in total. The number of thiophene rings is 1. The lowest BCUT2D eigenvalue weighted by molar-refractivity contribution is 0.342. The number of nitrogens with zero attached hydrogens (tertiary/aromatic N) is 2. The SMILES string of the molecule is CCOc1csc(-c2cc(NCCc3ccccc3Br)ncn2)c1. The van der Waals surface area contributed by atoms with E-state index in [0.29, 0.717) is 6.61 Å². The smallest absolute Gasteiger partial charge is 0.130 e. The summed E-state index contributed by atoms with van der Waals surface area (Å²) in [5, 5.41) is 5.36. The fraction of sp³-hybridized carbons (Fsp3) is 0.222. The Bertz CT molecular complexity index is 806. The van der Waals surface area contributed by atoms with Crippen LogP contribution in [-0.2, 0) is 6.42 Å². The van der Waals surface area contributed by atoms with Crippen molar-refractivity contribution in [2.24, 2.45) is 0 Å². The van der Waals surface area contributed by atoms with E-state index in [2.05, 4.69) is 49.4 Å². The molecule has 0 aliphatic heterocycles. The quantitative estimate of drug-likeness (QED) is 0.601. The molecule has 1 N–H and O–H groups in total. The third-order valence-corrected chi connectivity index (χ3v) is 5.17. The summed E-state index contributed by atoms with van der Waals surface area (Å²) in [4.78, 5) is 9.74. The van der Waals surface area contributed by atoms with Crippen LogP contribution < -0.4 is 10.1 Å². The minimum atomic E-state index is 0.668. The van der Waals surface area contributed by atoms with E-state index in [1.807, 2.05) is 30.5 Å². The molecule has 2 heterocycles. The van der Waals surface area contributed by atoms with Crippen molar-refractivity contribution in [2.75, 3.05) is 18.5 Å². The molecule has 0 fully saturated rings. The van der Waals surface area contributed by atoms with Crippen LogP contribution in [0.5, 0.6) is 5.75 Å². The summed E-state index contributed by atoms with van der Waals surface area (Å²) in [5.74, 6) is 1.72. The largest absolute Gasteiger partial charge is 0.493 e. The van der Waals surface area contributed by atoms with Gasteiger partial charge in [-0.15, -0.1) is 11.3 Å². The molecule has 24 heavy (non-hydrogen) atoms. The molecule has 3 rings (SSSR count). The third kappa shape index (κ3) is 4.33. The third-order valence-electron chi connectivity index (χ3n) is 3.46. The van der Waals surface area contributed by atoms with Gasteiger partial charge in [0.2, 0.25) is 0 Å². The number of halogens is 1. The van der Waals surface area contributed by atoms with Crippen molar-refractivity contribution in [3.8, 4) is 16.3 Å². The van der Waals surface area contributed by atoms with Gasteiger partial charge in [-0.25, -0.2) is 9.97 Å². The fourth-order valence-corrected chi connectivity index (χ4v) is 3.59. The number of aromatic nitrogens is 2. The van der Waals surface area contributed by atoms with E-state index in [9.17, 15) is 0 Å². The van der Waals surface area contributed by atoms with Crippen LogP contribution in [-0.4, -0.2) is 23.1 Å². The monoisotopic (exact) mass is 403 g/mol. The molecule has 124 valence electrons. The predicted octanol–water partition coefficient (Wildman–Crippen LogP) is 5.02. The summed E-state index contributed by atoms with van der Waals surface area (Å²) in [6.45, 7) is 3.46. The van der Waals surface area contributed by atoms with Crippen LogP contribution in [0.15, 0.2) is 52.6 Å². The van der Waals surface area contributed by atoms with E-state index in [0.717, 1.165) is 39.6 Å². The highest BCUT2D eigenvalue weighted by Gasteiger charge is 2.06. The van der Waals surface area contributed by atoms with E-state index in [4.69, 9.17) is 4.74 Å². The number of hydrogen-bond acceptors (Lipinski definition) is 5. The second-order valence-electron chi connectivity index (χ2n) is 5.14. The molecule has 0 radical (unpaired) electrons. The van der Waals surface area contributed by atoms with Gasteiger partial charge in [0.25, 0.3) is 0 Å². The summed E-state index contributed by atoms with van der Waals surface area (Å²) in [5.41, 5.74) is 2.18. The molecule has 6 heteroatoms. The van der Waals surface area contributed by atoms with Gasteiger partial charge in [0.1, 0.15) is 17.9 Å². The maximum Gasteiger partial charge on any atom is 0.130 e. The zero-order valence-corrected chi connectivity index (χ0v) is 15.7. The maximum atomic E-state index is 5.51. The topological polar surface area (TPSA) is 47.0 Å². The van der Waals surface area contributed by atoms with Crippen LogP contribution in [0.25, 0.3) is 10.6 Å². The van der Waals surface area contributed by atoms with Gasteiger partial charge in [-0.2, -0.15) is 0 Å². The number of rotatable bonds is 7. The van der Waals surface area contributed by atoms with E-state index in [-0.39, 0.29) is 0 Å². The van der Waals surface area contributed by atoms with E-state index >= 15 is 0 Å². The number of hydrogen-bond donors (Lipinski definition) is 1. The first-order valence-electron chi connectivity index (χ1n) is 7.77. The first-order valence-corrected chi connectivity index (χ1v) is 9.44. The Morgan fingerprint density at radius 1 is 1.21 bits per heavy atom. The second-order valence-corrected chi connectivity index (χ2v) is 6.90. The fourth-order valence-electron chi connectivity index (χ4n) is 2.31. The molecular weight excluding hydrogens is 386 g/mol. The Balaban J connectivity index is 1.63. The molecule has 0 bridgehead atoms. The van der Waals surface area contributed by atoms with Gasteiger partial charge < -0.3 is 10.1 Å². The number of nitrogens with one attached hydrogen (secondary N) is 1. The van der Waals surface area contributed by atoms with E-state index in [1.165, 1.54) is 5.56 Å². The van der Waals surface area contributed by atoms with Crippen LogP contribution in [0.3, 0.4) is 0 Å². The summed E-state index contributed by atoms with van der Waals surface area (Å²) in [6.07, 6.45) is 2.52. The molecule has 0 aliphatic rings. The minimum absolute atomic E-state index is 0.668. The van der Waals surface area contributed by atoms with Gasteiger partial charge in [0.15, 0.2) is 0 Å². The van der Waals surface area contributed by atoms with E-state index in [1.54, 1.807) is 17.7 Å². The van der Waals surface area contributed by atoms with Crippen LogP contribution in [0.2, 0.25) is 0 Å². The molecular formula is C18H18BrN3OS. The van der Waals surface area contributed by atoms with Gasteiger partial charge >= 0.3 is 0 Å². The lowest BCUT2D eigenvalue weighted by Crippen LogP contribution is -2.07. The predicted molar refractivity (Wildman–Crippen MR) is 103 cm³/mol. The van der Waals surface area contributed by atoms with Gasteiger partial charge in [0, 0.05) is 28.5 Å². The summed E-state index contributed by atoms with van der Waals surface area (Å²) < 4.78 is 6.65. The summed E-state index contributed by atoms with van der Waals surface area (Å²) in [7, 11) is 0. The minimum Gasteiger partial charge on any atom is -0.493 e.